The van der Waals surface area contributed by atoms with E-state index in [0.717, 1.165) is 25.4 Å². The molecule has 1 N–H and O–H groups in total. The average molecular weight is 247 g/mol. The standard InChI is InChI=1S/C16H25NO/c1-12(16(2,3)4)9-17-10-13-11-18-15-8-6-5-7-14(13)15/h5-8,12-13,17H,9-11H2,1-4H3. The van der Waals surface area contributed by atoms with Gasteiger partial charge < -0.3 is 10.1 Å². The molecule has 1 aromatic carbocycles. The summed E-state index contributed by atoms with van der Waals surface area (Å²) in [5, 5.41) is 3.59. The minimum atomic E-state index is 0.372. The van der Waals surface area contributed by atoms with Crippen molar-refractivity contribution < 1.29 is 4.74 Å². The van der Waals surface area contributed by atoms with Crippen LogP contribution in [-0.4, -0.2) is 19.7 Å². The Morgan fingerprint density at radius 3 is 2.78 bits per heavy atom. The maximum absolute atomic E-state index is 5.70. The topological polar surface area (TPSA) is 21.3 Å². The first kappa shape index (κ1) is 13.4. The van der Waals surface area contributed by atoms with Crippen molar-refractivity contribution in [2.45, 2.75) is 33.6 Å². The fourth-order valence-corrected chi connectivity index (χ4v) is 2.18. The summed E-state index contributed by atoms with van der Waals surface area (Å²) in [6.45, 7) is 12.1. The lowest BCUT2D eigenvalue weighted by molar-refractivity contribution is 0.249. The molecule has 2 heteroatoms. The van der Waals surface area contributed by atoms with Gasteiger partial charge >= 0.3 is 0 Å². The van der Waals surface area contributed by atoms with Crippen molar-refractivity contribution in [3.63, 3.8) is 0 Å². The van der Waals surface area contributed by atoms with Crippen molar-refractivity contribution in [3.8, 4) is 5.75 Å². The zero-order valence-corrected chi connectivity index (χ0v) is 12.0. The molecule has 1 heterocycles. The van der Waals surface area contributed by atoms with E-state index in [2.05, 4.69) is 51.2 Å². The Kier molecular flexibility index (Phi) is 3.96. The molecule has 0 spiro atoms. The Labute approximate surface area is 111 Å². The molecule has 1 aliphatic heterocycles. The van der Waals surface area contributed by atoms with E-state index in [-0.39, 0.29) is 0 Å². The second-order valence-electron chi connectivity index (χ2n) is 6.47. The summed E-state index contributed by atoms with van der Waals surface area (Å²) in [6, 6.07) is 8.38. The van der Waals surface area contributed by atoms with Crippen LogP contribution >= 0.6 is 0 Å². The number of nitrogens with one attached hydrogen (secondary N) is 1. The monoisotopic (exact) mass is 247 g/mol. The number of ether oxygens (including phenoxy) is 1. The number of hydrogen-bond donors (Lipinski definition) is 1. The van der Waals surface area contributed by atoms with Gasteiger partial charge in [-0.3, -0.25) is 0 Å². The van der Waals surface area contributed by atoms with Crippen LogP contribution in [-0.2, 0) is 0 Å². The number of hydrogen-bond acceptors (Lipinski definition) is 2. The van der Waals surface area contributed by atoms with Crippen molar-refractivity contribution in [2.75, 3.05) is 19.7 Å². The molecule has 0 fully saturated rings. The predicted molar refractivity (Wildman–Crippen MR) is 76.2 cm³/mol. The molecule has 1 aromatic rings. The van der Waals surface area contributed by atoms with Crippen molar-refractivity contribution >= 4 is 0 Å². The van der Waals surface area contributed by atoms with Crippen LogP contribution in [0.5, 0.6) is 5.75 Å². The Balaban J connectivity index is 1.83. The Morgan fingerprint density at radius 1 is 1.33 bits per heavy atom. The lowest BCUT2D eigenvalue weighted by Gasteiger charge is -2.27. The Hall–Kier alpha value is -1.02. The lowest BCUT2D eigenvalue weighted by atomic mass is 9.82. The van der Waals surface area contributed by atoms with E-state index < -0.39 is 0 Å². The van der Waals surface area contributed by atoms with Crippen molar-refractivity contribution in [3.05, 3.63) is 29.8 Å². The summed E-state index contributed by atoms with van der Waals surface area (Å²) in [6.07, 6.45) is 0. The molecule has 0 aliphatic carbocycles. The minimum absolute atomic E-state index is 0.372. The van der Waals surface area contributed by atoms with Crippen molar-refractivity contribution in [2.24, 2.45) is 11.3 Å². The maximum atomic E-state index is 5.70. The van der Waals surface area contributed by atoms with E-state index in [4.69, 9.17) is 4.74 Å². The van der Waals surface area contributed by atoms with Gasteiger partial charge in [0.1, 0.15) is 5.75 Å². The van der Waals surface area contributed by atoms with Crippen LogP contribution in [0.4, 0.5) is 0 Å². The first-order chi connectivity index (χ1) is 8.48. The molecule has 0 saturated heterocycles. The van der Waals surface area contributed by atoms with Gasteiger partial charge in [0.25, 0.3) is 0 Å². The normalized spacial score (nSPS) is 20.3. The molecule has 18 heavy (non-hydrogen) atoms. The van der Waals surface area contributed by atoms with Gasteiger partial charge in [0, 0.05) is 18.0 Å². The van der Waals surface area contributed by atoms with E-state index in [0.29, 0.717) is 17.3 Å². The largest absolute Gasteiger partial charge is 0.493 e. The predicted octanol–water partition coefficient (Wildman–Crippen LogP) is 3.43. The molecule has 0 aromatic heterocycles. The summed E-state index contributed by atoms with van der Waals surface area (Å²) < 4.78 is 5.70. The zero-order valence-electron chi connectivity index (χ0n) is 12.0. The van der Waals surface area contributed by atoms with E-state index in [1.807, 2.05) is 6.07 Å². The third-order valence-corrected chi connectivity index (χ3v) is 4.12. The number of para-hydroxylation sites is 1. The molecule has 0 amide bonds. The number of rotatable bonds is 4. The van der Waals surface area contributed by atoms with Gasteiger partial charge in [-0.05, 0) is 23.9 Å². The van der Waals surface area contributed by atoms with Crippen LogP contribution in [0.15, 0.2) is 24.3 Å². The molecule has 0 radical (unpaired) electrons. The number of benzene rings is 1. The molecule has 2 atom stereocenters. The van der Waals surface area contributed by atoms with Crippen LogP contribution in [0, 0.1) is 11.3 Å². The lowest BCUT2D eigenvalue weighted by Crippen LogP contribution is -2.32. The molecule has 100 valence electrons. The zero-order chi connectivity index (χ0) is 13.2. The summed E-state index contributed by atoms with van der Waals surface area (Å²) in [7, 11) is 0. The van der Waals surface area contributed by atoms with Crippen LogP contribution in [0.1, 0.15) is 39.2 Å². The van der Waals surface area contributed by atoms with Crippen LogP contribution in [0.2, 0.25) is 0 Å². The Bertz CT molecular complexity index is 394. The van der Waals surface area contributed by atoms with E-state index in [1.54, 1.807) is 0 Å². The fourth-order valence-electron chi connectivity index (χ4n) is 2.18. The third-order valence-electron chi connectivity index (χ3n) is 4.12. The SMILES string of the molecule is CC(CNCC1COc2ccccc21)C(C)(C)C. The highest BCUT2D eigenvalue weighted by Crippen LogP contribution is 2.33. The van der Waals surface area contributed by atoms with Crippen LogP contribution in [0.25, 0.3) is 0 Å². The first-order valence-corrected chi connectivity index (χ1v) is 6.91. The average Bonchev–Trinajstić information content (AvgIpc) is 2.71. The van der Waals surface area contributed by atoms with Crippen LogP contribution in [0.3, 0.4) is 0 Å². The molecule has 0 bridgehead atoms. The third kappa shape index (κ3) is 3.05. The minimum Gasteiger partial charge on any atom is -0.493 e. The molecule has 2 rings (SSSR count). The summed E-state index contributed by atoms with van der Waals surface area (Å²) >= 11 is 0. The van der Waals surface area contributed by atoms with Gasteiger partial charge in [-0.2, -0.15) is 0 Å². The van der Waals surface area contributed by atoms with Gasteiger partial charge in [0.05, 0.1) is 6.61 Å². The summed E-state index contributed by atoms with van der Waals surface area (Å²) in [5.74, 6) is 2.25. The smallest absolute Gasteiger partial charge is 0.122 e. The highest BCUT2D eigenvalue weighted by molar-refractivity contribution is 5.39. The van der Waals surface area contributed by atoms with Gasteiger partial charge in [-0.15, -0.1) is 0 Å². The second kappa shape index (κ2) is 5.31. The van der Waals surface area contributed by atoms with E-state index >= 15 is 0 Å². The molecule has 0 saturated carbocycles. The molecular weight excluding hydrogens is 222 g/mol. The summed E-state index contributed by atoms with van der Waals surface area (Å²) in [5.41, 5.74) is 1.73. The molecule has 2 nitrogen and oxygen atoms in total. The number of fused-ring (bicyclic) bond motifs is 1. The van der Waals surface area contributed by atoms with Gasteiger partial charge in [-0.25, -0.2) is 0 Å². The Morgan fingerprint density at radius 2 is 2.06 bits per heavy atom. The fraction of sp³-hybridized carbons (Fsp3) is 0.625. The van der Waals surface area contributed by atoms with Gasteiger partial charge in [0.2, 0.25) is 0 Å². The van der Waals surface area contributed by atoms with Crippen molar-refractivity contribution in [1.29, 1.82) is 0 Å². The van der Waals surface area contributed by atoms with E-state index in [9.17, 15) is 0 Å². The summed E-state index contributed by atoms with van der Waals surface area (Å²) in [4.78, 5) is 0. The van der Waals surface area contributed by atoms with Gasteiger partial charge in [0.15, 0.2) is 0 Å². The van der Waals surface area contributed by atoms with Crippen molar-refractivity contribution in [1.82, 2.24) is 5.32 Å². The molecule has 1 aliphatic rings. The quantitative estimate of drug-likeness (QED) is 0.880. The van der Waals surface area contributed by atoms with Crippen LogP contribution < -0.4 is 10.1 Å². The first-order valence-electron chi connectivity index (χ1n) is 6.91. The molecular formula is C16H25NO. The van der Waals surface area contributed by atoms with E-state index in [1.165, 1.54) is 5.56 Å². The van der Waals surface area contributed by atoms with Gasteiger partial charge in [-0.1, -0.05) is 45.9 Å². The highest BCUT2D eigenvalue weighted by atomic mass is 16.5. The maximum Gasteiger partial charge on any atom is 0.122 e. The molecule has 2 unspecified atom stereocenters. The second-order valence-corrected chi connectivity index (χ2v) is 6.47. The highest BCUT2D eigenvalue weighted by Gasteiger charge is 2.24.